The molecule has 5 nitrogen and oxygen atoms in total. The largest absolute Gasteiger partial charge is 0.456 e. The maximum absolute atomic E-state index is 8.74. The first kappa shape index (κ1) is 58.0. The van der Waals surface area contributed by atoms with Crippen molar-refractivity contribution in [2.45, 2.75) is 184 Å². The Balaban J connectivity index is 0.000000138. The highest BCUT2D eigenvalue weighted by atomic mass is 32.1. The summed E-state index contributed by atoms with van der Waals surface area (Å²) >= 11 is 1.52. The molecule has 5 atom stereocenters. The van der Waals surface area contributed by atoms with Crippen LogP contribution in [-0.4, -0.2) is 0 Å². The molecule has 0 amide bonds. The normalized spacial score (nSPS) is 20.2. The van der Waals surface area contributed by atoms with Crippen LogP contribution in [-0.2, 0) is 39.0 Å². The molecule has 1 spiro atoms. The van der Waals surface area contributed by atoms with E-state index >= 15 is 0 Å². The van der Waals surface area contributed by atoms with Gasteiger partial charge in [-0.05, 0) is 292 Å². The van der Waals surface area contributed by atoms with E-state index in [1.165, 1.54) is 44.6 Å². The molecule has 5 unspecified atom stereocenters. The SMILES string of the molecule is [2H]C([2H])([2H])c1c[n+](C)c(-c2ccccc2C)cc1-c1ccc2c(c1)C(C)(C([2H])([2H])[2H])c1cc(C([2H])(C)C([2H])([2H])[2H])ccc1-2.[2H]C([2H])([2H])c1c[n+](C)c(-c2ccccc2C)cc1-c1ccc2c(c1)C1(CCCC1)c1cc(C([2H])(C)C([2H])([2H])[2H])ccc1-2.[2H]C([2H])([2H])c1c[n+](C)c(-c2ccccc2C)cc1-c1ccc2c(c1)oc1cc(C([2H])(C)C([2H])([2H])[2H])ccc12.[2H]C([2H])([2H])c1c[n+](C)c(-c2ccccc2C)cc1-c1ccc2c(c1)sc1cc(C([2H])(C)C([2H])([2H])[2H])ccc12. The third-order valence-electron chi connectivity index (χ3n) is 26.9. The molecule has 3 aliphatic rings. The van der Waals surface area contributed by atoms with Crippen LogP contribution in [0.2, 0.25) is 0 Å². The van der Waals surface area contributed by atoms with Gasteiger partial charge in [-0.3, -0.25) is 0 Å². The van der Waals surface area contributed by atoms with Gasteiger partial charge in [-0.15, -0.1) is 11.3 Å². The summed E-state index contributed by atoms with van der Waals surface area (Å²) in [6.45, 7) is -6.61. The molecular weight excluding hydrogens is 1590 g/mol. The Kier molecular flexibility index (Phi) is 15.7. The van der Waals surface area contributed by atoms with E-state index in [2.05, 4.69) is 31.2 Å². The third-order valence-corrected chi connectivity index (χ3v) is 28.0. The first-order valence-electron chi connectivity index (χ1n) is 59.7. The Morgan fingerprint density at radius 1 is 0.308 bits per heavy atom. The first-order valence-corrected chi connectivity index (χ1v) is 45.0. The van der Waals surface area contributed by atoms with Crippen molar-refractivity contribution in [3.05, 3.63) is 381 Å². The minimum atomic E-state index is -2.62. The summed E-state index contributed by atoms with van der Waals surface area (Å²) in [6.07, 6.45) is 10.7. The maximum atomic E-state index is 8.74. The fraction of sp³-hybridized carbons (Fsp3) is 0.258. The molecule has 1 saturated carbocycles. The molecule has 0 N–H and O–H groups in total. The smallest absolute Gasteiger partial charge is 0.213 e. The molecule has 0 saturated heterocycles. The lowest BCUT2D eigenvalue weighted by atomic mass is 9.75. The molecule has 3 aliphatic carbocycles. The van der Waals surface area contributed by atoms with E-state index in [-0.39, 0.29) is 27.7 Å². The number of aryl methyl sites for hydroxylation is 12. The summed E-state index contributed by atoms with van der Waals surface area (Å²) in [4.78, 5) is 0. The van der Waals surface area contributed by atoms with Crippen LogP contribution < -0.4 is 18.3 Å². The van der Waals surface area contributed by atoms with E-state index in [4.69, 9.17) is 46.9 Å². The first-order chi connectivity index (χ1) is 74.7. The standard InChI is InChI=1S/C34H36N.C32H34N.C29H28NO.C29H28NS/c1-22(2)25-12-14-28-29-15-13-26(19-32(29)34(31(28)18-25)16-8-9-17-34)30-20-33(35(5)21-24(30)4)27-11-7-6-10-23(27)3;1-20(2)23-12-14-26-27-15-13-24(17-30(27)32(5,6)29(26)16-23)28-18-31(33(7)19-22(28)4)25-11-9-8-10-21(25)3;2*1-18(2)21-10-12-24-25-13-11-22(15-29(25)31-28(24)14-21)26-16-27(30(5)17-20(26)4)23-9-7-6-8-19(23)3/h6-7,10-15,18-22H,8-9,16-17H2,1-5H3;8-20H,1-7H3;2*6-18H,1-5H3/q4*+1/i1D3,4D3,22D;1D3,4D3,5D3,20D;2*1D3,4D3,18D. The van der Waals surface area contributed by atoms with Gasteiger partial charge in [0.15, 0.2) is 24.8 Å². The number of pyridine rings is 4. The number of thiophene rings is 1. The Bertz CT molecular complexity index is 8630. The van der Waals surface area contributed by atoms with Crippen molar-refractivity contribution in [2.24, 2.45) is 28.2 Å². The number of hydrogen-bond acceptors (Lipinski definition) is 2. The molecule has 650 valence electrons. The van der Waals surface area contributed by atoms with E-state index in [9.17, 15) is 0 Å². The highest BCUT2D eigenvalue weighted by Crippen LogP contribution is 2.59. The van der Waals surface area contributed by atoms with Gasteiger partial charge in [-0.1, -0.05) is 258 Å². The van der Waals surface area contributed by atoms with Crippen LogP contribution in [0.15, 0.2) is 296 Å². The van der Waals surface area contributed by atoms with Crippen molar-refractivity contribution >= 4 is 53.4 Å². The molecule has 21 rings (SSSR count). The summed E-state index contributed by atoms with van der Waals surface area (Å²) in [5.74, 6) is -7.17. The zero-order chi connectivity index (χ0) is 117. The highest BCUT2D eigenvalue weighted by Gasteiger charge is 2.46. The van der Waals surface area contributed by atoms with Crippen LogP contribution in [0.1, 0.15) is 250 Å². The van der Waals surface area contributed by atoms with Crippen LogP contribution in [0.25, 0.3) is 154 Å². The van der Waals surface area contributed by atoms with Crippen LogP contribution in [0.4, 0.5) is 0 Å². The minimum Gasteiger partial charge on any atom is -0.456 e. The summed E-state index contributed by atoms with van der Waals surface area (Å²) in [5, 5.41) is 3.62. The molecule has 6 aromatic heterocycles. The minimum absolute atomic E-state index is 0.142. The topological polar surface area (TPSA) is 28.7 Å². The van der Waals surface area contributed by atoms with Gasteiger partial charge in [-0.2, -0.15) is 0 Å². The van der Waals surface area contributed by atoms with E-state index < -0.39 is 90.7 Å². The Morgan fingerprint density at radius 2 is 0.615 bits per heavy atom. The Morgan fingerprint density at radius 3 is 1.03 bits per heavy atom. The summed E-state index contributed by atoms with van der Waals surface area (Å²) in [6, 6.07) is 84.0. The summed E-state index contributed by atoms with van der Waals surface area (Å²) in [5.41, 5.74) is 25.7. The van der Waals surface area contributed by atoms with Gasteiger partial charge in [-0.25, -0.2) is 18.3 Å². The van der Waals surface area contributed by atoms with Gasteiger partial charge in [0.05, 0.1) is 0 Å². The number of nitrogens with zero attached hydrogens (tertiary/aromatic N) is 4. The van der Waals surface area contributed by atoms with Gasteiger partial charge in [0, 0.05) is 153 Å². The lowest BCUT2D eigenvalue weighted by Gasteiger charge is -2.27. The highest BCUT2D eigenvalue weighted by molar-refractivity contribution is 7.25. The second-order valence-electron chi connectivity index (χ2n) is 35.7. The van der Waals surface area contributed by atoms with Crippen LogP contribution in [0.5, 0.6) is 0 Å². The van der Waals surface area contributed by atoms with Gasteiger partial charge in [0.25, 0.3) is 0 Å². The number of rotatable bonds is 12. The number of hydrogen-bond donors (Lipinski definition) is 0. The second kappa shape index (κ2) is 35.3. The molecule has 130 heavy (non-hydrogen) atoms. The van der Waals surface area contributed by atoms with E-state index in [0.717, 1.165) is 152 Å². The number of furan rings is 1. The van der Waals surface area contributed by atoms with Crippen LogP contribution >= 0.6 is 11.3 Å². The Labute approximate surface area is 819 Å². The Hall–Kier alpha value is -12.7. The van der Waals surface area contributed by atoms with Crippen LogP contribution in [0, 0.1) is 55.1 Å². The molecule has 0 bridgehead atoms. The molecular formula is C124H126N4OS+4. The van der Waals surface area contributed by atoms with E-state index in [1.807, 2.05) is 245 Å². The second-order valence-corrected chi connectivity index (χ2v) is 36.7. The maximum Gasteiger partial charge on any atom is 0.213 e. The molecule has 6 heterocycles. The summed E-state index contributed by atoms with van der Waals surface area (Å²) < 4.78 is 269. The predicted octanol–water partition coefficient (Wildman–Crippen LogP) is 31.8. The van der Waals surface area contributed by atoms with Crippen molar-refractivity contribution in [3.63, 3.8) is 0 Å². The van der Waals surface area contributed by atoms with Crippen molar-refractivity contribution in [1.82, 2.24) is 0 Å². The van der Waals surface area contributed by atoms with Gasteiger partial charge < -0.3 is 4.42 Å². The van der Waals surface area contributed by atoms with Gasteiger partial charge >= 0.3 is 0 Å². The van der Waals surface area contributed by atoms with E-state index in [0.29, 0.717) is 89.1 Å². The number of fused-ring (bicyclic) bond motifs is 14. The molecule has 12 aromatic carbocycles. The zero-order valence-electron chi connectivity index (χ0n) is 107. The monoisotopic (exact) mass is 1750 g/mol. The number of aromatic nitrogens is 4. The molecule has 6 heteroatoms. The average Bonchev–Trinajstić information content (AvgIpc) is 1.54. The molecule has 18 aromatic rings. The zero-order valence-corrected chi connectivity index (χ0v) is 76.5. The van der Waals surface area contributed by atoms with E-state index in [1.54, 1.807) is 96.9 Å². The van der Waals surface area contributed by atoms with Crippen molar-refractivity contribution < 1.29 is 65.2 Å². The van der Waals surface area contributed by atoms with Crippen LogP contribution in [0.3, 0.4) is 0 Å². The molecule has 0 aliphatic heterocycles. The quantitative estimate of drug-likeness (QED) is 0.112. The predicted molar refractivity (Wildman–Crippen MR) is 551 cm³/mol. The number of benzene rings is 12. The molecule has 1 fully saturated rings. The van der Waals surface area contributed by atoms with Gasteiger partial charge in [0.2, 0.25) is 22.8 Å². The van der Waals surface area contributed by atoms with Crippen molar-refractivity contribution in [2.75, 3.05) is 0 Å². The van der Waals surface area contributed by atoms with Crippen molar-refractivity contribution in [1.29, 1.82) is 0 Å². The van der Waals surface area contributed by atoms with Crippen molar-refractivity contribution in [3.8, 4) is 112 Å². The lowest BCUT2D eigenvalue weighted by molar-refractivity contribution is -0.660. The summed E-state index contributed by atoms with van der Waals surface area (Å²) in [7, 11) is 7.42. The average molecular weight is 1750 g/mol. The van der Waals surface area contributed by atoms with Gasteiger partial charge in [0.1, 0.15) is 39.4 Å². The fourth-order valence-corrected chi connectivity index (χ4v) is 20.9. The third kappa shape index (κ3) is 16.3. The molecule has 0 radical (unpaired) electrons. The lowest BCUT2D eigenvalue weighted by Crippen LogP contribution is -2.31. The fourth-order valence-electron chi connectivity index (χ4n) is 19.8.